The number of likely N-dealkylation sites (tertiary alicyclic amines) is 1. The number of halogens is 1. The standard InChI is InChI=1S/C18H20ClN3O2/c1-13-6-7-17(21-20-13)24-15-8-10-22(11-9-15)18(23)12-14-4-2-3-5-16(14)19/h2-7,15H,8-12H2,1H3. The number of hydrogen-bond donors (Lipinski definition) is 0. The molecule has 5 nitrogen and oxygen atoms in total. The number of ether oxygens (including phenoxy) is 1. The normalized spacial score (nSPS) is 15.3. The van der Waals surface area contributed by atoms with Crippen molar-refractivity contribution >= 4 is 17.5 Å². The van der Waals surface area contributed by atoms with Gasteiger partial charge in [0.05, 0.1) is 12.1 Å². The molecule has 0 bridgehead atoms. The third-order valence-corrected chi connectivity index (χ3v) is 4.52. The van der Waals surface area contributed by atoms with Gasteiger partial charge in [0.15, 0.2) is 0 Å². The van der Waals surface area contributed by atoms with E-state index >= 15 is 0 Å². The summed E-state index contributed by atoms with van der Waals surface area (Å²) in [5.74, 6) is 0.651. The van der Waals surface area contributed by atoms with Crippen LogP contribution in [0.3, 0.4) is 0 Å². The molecule has 0 aliphatic carbocycles. The van der Waals surface area contributed by atoms with Crippen molar-refractivity contribution < 1.29 is 9.53 Å². The molecule has 0 spiro atoms. The lowest BCUT2D eigenvalue weighted by atomic mass is 10.1. The third kappa shape index (κ3) is 4.23. The minimum atomic E-state index is 0.0753. The van der Waals surface area contributed by atoms with Crippen LogP contribution in [0.5, 0.6) is 5.88 Å². The van der Waals surface area contributed by atoms with Gasteiger partial charge in [-0.2, -0.15) is 5.10 Å². The molecule has 0 unspecified atom stereocenters. The molecule has 1 saturated heterocycles. The van der Waals surface area contributed by atoms with Gasteiger partial charge in [0, 0.05) is 37.0 Å². The maximum atomic E-state index is 12.4. The lowest BCUT2D eigenvalue weighted by Gasteiger charge is -2.32. The summed E-state index contributed by atoms with van der Waals surface area (Å²) in [6.07, 6.45) is 2.01. The van der Waals surface area contributed by atoms with Crippen molar-refractivity contribution in [2.75, 3.05) is 13.1 Å². The lowest BCUT2D eigenvalue weighted by molar-refractivity contribution is -0.132. The number of amides is 1. The number of nitrogens with zero attached hydrogens (tertiary/aromatic N) is 3. The fourth-order valence-electron chi connectivity index (χ4n) is 2.76. The Morgan fingerprint density at radius 1 is 1.21 bits per heavy atom. The van der Waals surface area contributed by atoms with Crippen LogP contribution in [0.4, 0.5) is 0 Å². The molecule has 0 radical (unpaired) electrons. The van der Waals surface area contributed by atoms with Crippen LogP contribution in [0.25, 0.3) is 0 Å². The Bertz CT molecular complexity index is 698. The number of hydrogen-bond acceptors (Lipinski definition) is 4. The summed E-state index contributed by atoms with van der Waals surface area (Å²) in [5.41, 5.74) is 1.74. The number of rotatable bonds is 4. The van der Waals surface area contributed by atoms with Gasteiger partial charge in [-0.25, -0.2) is 0 Å². The number of piperidine rings is 1. The van der Waals surface area contributed by atoms with Crippen molar-refractivity contribution in [3.05, 3.63) is 52.7 Å². The Labute approximate surface area is 146 Å². The molecule has 1 aliphatic heterocycles. The Hall–Kier alpha value is -2.14. The predicted molar refractivity (Wildman–Crippen MR) is 92.2 cm³/mol. The van der Waals surface area contributed by atoms with E-state index in [1.165, 1.54) is 0 Å². The number of carbonyl (C=O) groups is 1. The van der Waals surface area contributed by atoms with E-state index in [1.807, 2.05) is 48.2 Å². The van der Waals surface area contributed by atoms with Crippen LogP contribution in [-0.2, 0) is 11.2 Å². The van der Waals surface area contributed by atoms with Gasteiger partial charge in [-0.15, -0.1) is 5.10 Å². The van der Waals surface area contributed by atoms with E-state index in [-0.39, 0.29) is 12.0 Å². The summed E-state index contributed by atoms with van der Waals surface area (Å²) in [4.78, 5) is 14.3. The second-order valence-electron chi connectivity index (χ2n) is 5.98. The highest BCUT2D eigenvalue weighted by Gasteiger charge is 2.24. The smallest absolute Gasteiger partial charge is 0.233 e. The minimum absolute atomic E-state index is 0.0753. The van der Waals surface area contributed by atoms with Gasteiger partial charge in [-0.1, -0.05) is 29.8 Å². The Balaban J connectivity index is 1.50. The number of benzene rings is 1. The van der Waals surface area contributed by atoms with Crippen molar-refractivity contribution in [2.24, 2.45) is 0 Å². The SMILES string of the molecule is Cc1ccc(OC2CCN(C(=O)Cc3ccccc3Cl)CC2)nn1. The summed E-state index contributed by atoms with van der Waals surface area (Å²) in [6.45, 7) is 3.26. The van der Waals surface area contributed by atoms with Gasteiger partial charge in [0.1, 0.15) is 6.10 Å². The van der Waals surface area contributed by atoms with E-state index in [9.17, 15) is 4.79 Å². The molecule has 0 N–H and O–H groups in total. The van der Waals surface area contributed by atoms with E-state index in [0.717, 1.165) is 24.1 Å². The fraction of sp³-hybridized carbons (Fsp3) is 0.389. The highest BCUT2D eigenvalue weighted by molar-refractivity contribution is 6.31. The molecule has 6 heteroatoms. The van der Waals surface area contributed by atoms with Gasteiger partial charge in [-0.3, -0.25) is 4.79 Å². The largest absolute Gasteiger partial charge is 0.473 e. The van der Waals surface area contributed by atoms with E-state index < -0.39 is 0 Å². The highest BCUT2D eigenvalue weighted by Crippen LogP contribution is 2.20. The van der Waals surface area contributed by atoms with Gasteiger partial charge < -0.3 is 9.64 Å². The minimum Gasteiger partial charge on any atom is -0.473 e. The van der Waals surface area contributed by atoms with Crippen LogP contribution in [-0.4, -0.2) is 40.2 Å². The summed E-state index contributed by atoms with van der Waals surface area (Å²) >= 11 is 6.13. The zero-order valence-corrected chi connectivity index (χ0v) is 14.4. The molecule has 1 amide bonds. The number of aryl methyl sites for hydroxylation is 1. The van der Waals surface area contributed by atoms with Crippen LogP contribution < -0.4 is 4.74 Å². The molecule has 1 aromatic heterocycles. The van der Waals surface area contributed by atoms with Crippen LogP contribution >= 0.6 is 11.6 Å². The summed E-state index contributed by atoms with van der Waals surface area (Å²) < 4.78 is 5.84. The van der Waals surface area contributed by atoms with Gasteiger partial charge in [-0.05, 0) is 24.6 Å². The fourth-order valence-corrected chi connectivity index (χ4v) is 2.96. The number of aromatic nitrogens is 2. The van der Waals surface area contributed by atoms with Crippen molar-refractivity contribution in [3.63, 3.8) is 0 Å². The second-order valence-corrected chi connectivity index (χ2v) is 6.39. The maximum Gasteiger partial charge on any atom is 0.233 e. The van der Waals surface area contributed by atoms with Crippen molar-refractivity contribution in [2.45, 2.75) is 32.3 Å². The second kappa shape index (κ2) is 7.62. The first-order chi connectivity index (χ1) is 11.6. The topological polar surface area (TPSA) is 55.3 Å². The highest BCUT2D eigenvalue weighted by atomic mass is 35.5. The monoisotopic (exact) mass is 345 g/mol. The van der Waals surface area contributed by atoms with E-state index in [2.05, 4.69) is 10.2 Å². The number of carbonyl (C=O) groups excluding carboxylic acids is 1. The Morgan fingerprint density at radius 3 is 2.62 bits per heavy atom. The molecule has 24 heavy (non-hydrogen) atoms. The molecule has 3 rings (SSSR count). The first-order valence-corrected chi connectivity index (χ1v) is 8.48. The predicted octanol–water partition coefficient (Wildman–Crippen LogP) is 3.05. The van der Waals surface area contributed by atoms with E-state index in [1.54, 1.807) is 0 Å². The Kier molecular flexibility index (Phi) is 5.30. The average molecular weight is 346 g/mol. The first kappa shape index (κ1) is 16.7. The van der Waals surface area contributed by atoms with Gasteiger partial charge in [0.2, 0.25) is 11.8 Å². The molecule has 0 atom stereocenters. The van der Waals surface area contributed by atoms with Gasteiger partial charge in [0.25, 0.3) is 0 Å². The van der Waals surface area contributed by atoms with Crippen LogP contribution in [0.2, 0.25) is 5.02 Å². The van der Waals surface area contributed by atoms with Crippen LogP contribution in [0.15, 0.2) is 36.4 Å². The average Bonchev–Trinajstić information content (AvgIpc) is 2.59. The van der Waals surface area contributed by atoms with E-state index in [4.69, 9.17) is 16.3 Å². The first-order valence-electron chi connectivity index (χ1n) is 8.10. The summed E-state index contributed by atoms with van der Waals surface area (Å²) in [7, 11) is 0. The van der Waals surface area contributed by atoms with Crippen molar-refractivity contribution in [1.29, 1.82) is 0 Å². The third-order valence-electron chi connectivity index (χ3n) is 4.16. The zero-order chi connectivity index (χ0) is 16.9. The molecule has 2 aromatic rings. The van der Waals surface area contributed by atoms with Crippen LogP contribution in [0, 0.1) is 6.92 Å². The zero-order valence-electron chi connectivity index (χ0n) is 13.6. The van der Waals surface area contributed by atoms with E-state index in [0.29, 0.717) is 30.4 Å². The maximum absolute atomic E-state index is 12.4. The molecule has 2 heterocycles. The molecular weight excluding hydrogens is 326 g/mol. The van der Waals surface area contributed by atoms with Crippen molar-refractivity contribution in [3.8, 4) is 5.88 Å². The lowest BCUT2D eigenvalue weighted by Crippen LogP contribution is -2.42. The van der Waals surface area contributed by atoms with Crippen LogP contribution in [0.1, 0.15) is 24.1 Å². The van der Waals surface area contributed by atoms with Crippen molar-refractivity contribution in [1.82, 2.24) is 15.1 Å². The molecule has 126 valence electrons. The molecule has 0 saturated carbocycles. The molecule has 1 aromatic carbocycles. The van der Waals surface area contributed by atoms with Gasteiger partial charge >= 0.3 is 0 Å². The Morgan fingerprint density at radius 2 is 1.96 bits per heavy atom. The quantitative estimate of drug-likeness (QED) is 0.854. The molecule has 1 aliphatic rings. The summed E-state index contributed by atoms with van der Waals surface area (Å²) in [5, 5.41) is 8.66. The summed E-state index contributed by atoms with van der Waals surface area (Å²) in [6, 6.07) is 11.2. The molecule has 1 fully saturated rings. The molecular formula is C18H20ClN3O2.